The van der Waals surface area contributed by atoms with Crippen molar-refractivity contribution >= 4 is 65.2 Å². The minimum atomic E-state index is -2.53. The van der Waals surface area contributed by atoms with E-state index < -0.39 is 44.1 Å². The fourth-order valence-corrected chi connectivity index (χ4v) is 21.2. The summed E-state index contributed by atoms with van der Waals surface area (Å²) >= 11 is 0. The van der Waals surface area contributed by atoms with Crippen molar-refractivity contribution in [2.24, 2.45) is 17.3 Å². The summed E-state index contributed by atoms with van der Waals surface area (Å²) in [5, 5.41) is 3.64. The van der Waals surface area contributed by atoms with Crippen LogP contribution in [-0.2, 0) is 14.3 Å². The number of pyridine rings is 1. The van der Waals surface area contributed by atoms with Crippen molar-refractivity contribution in [1.82, 2.24) is 39.9 Å². The number of carbonyl (C=O) groups is 4. The number of amides is 5. The molecule has 1 N–H and O–H groups in total. The minimum Gasteiger partial charge on any atom is -0.468 e. The van der Waals surface area contributed by atoms with Crippen LogP contribution < -0.4 is 24.6 Å². The maximum Gasteiger partial charge on any atom is 0.410 e. The van der Waals surface area contributed by atoms with E-state index in [0.29, 0.717) is 65.4 Å². The van der Waals surface area contributed by atoms with Crippen LogP contribution in [0.15, 0.2) is 48.7 Å². The molecule has 500 valence electrons. The second kappa shape index (κ2) is 27.8. The summed E-state index contributed by atoms with van der Waals surface area (Å²) in [4.78, 5) is 79.2. The van der Waals surface area contributed by atoms with E-state index in [0.717, 1.165) is 90.6 Å². The van der Waals surface area contributed by atoms with Crippen LogP contribution in [0.2, 0.25) is 16.6 Å². The highest BCUT2D eigenvalue weighted by molar-refractivity contribution is 6.90. The number of anilines is 2. The maximum absolute atomic E-state index is 18.2. The van der Waals surface area contributed by atoms with Gasteiger partial charge in [0.2, 0.25) is 5.91 Å². The topological polar surface area (TPSA) is 175 Å². The standard InChI is InChI=1S/C72H96F2N10O8Si/c1-45(2)93(46(3)4,47(5)6)34-22-56-59(73)18-15-51-35-55(91-44-89-12)37-57(62(51)56)64-63(74)65-58(38-75-64)66(82-41-53-16-17-54(42-82)84(53)70(88)92-71(9,10)11)78-68(77-65)90-43-48(7)39-79-30-32-80(33-31-79)40-50-19-23-72(24-20-50)25-28-81(29-26-72)67(86)52-14-13-49(8)60(36-52)83-27-21-61(85)76-69(83)87/h13-15,18,35-38,45-48,50,53-54H,16-17,19-21,23-33,39-44H2,1-12H3,(H,76,85,87)/t48-,53?,54?/m1/s1/i8D3. The zero-order chi connectivity index (χ0) is 68.8. The molecule has 18 nitrogen and oxygen atoms in total. The van der Waals surface area contributed by atoms with Gasteiger partial charge in [-0.3, -0.25) is 29.7 Å². The number of piperidine rings is 1. The Labute approximate surface area is 553 Å². The van der Waals surface area contributed by atoms with E-state index >= 15 is 8.78 Å². The number of aryl methyl sites for hydroxylation is 1. The number of carbonyl (C=O) groups excluding carboxylic acids is 4. The second-order valence-corrected chi connectivity index (χ2v) is 34.7. The van der Waals surface area contributed by atoms with Crippen molar-refractivity contribution in [1.29, 1.82) is 0 Å². The third-order valence-electron chi connectivity index (χ3n) is 20.9. The minimum absolute atomic E-state index is 0.00966. The van der Waals surface area contributed by atoms with Crippen LogP contribution >= 0.6 is 0 Å². The van der Waals surface area contributed by atoms with E-state index in [2.05, 4.69) is 79.9 Å². The van der Waals surface area contributed by atoms with Gasteiger partial charge in [0.1, 0.15) is 42.3 Å². The third-order valence-corrected chi connectivity index (χ3v) is 27.1. The van der Waals surface area contributed by atoms with Gasteiger partial charge in [-0.2, -0.15) is 9.97 Å². The number of halogens is 2. The van der Waals surface area contributed by atoms with Gasteiger partial charge in [0.15, 0.2) is 12.6 Å². The smallest absolute Gasteiger partial charge is 0.410 e. The van der Waals surface area contributed by atoms with Gasteiger partial charge in [-0.25, -0.2) is 18.4 Å². The van der Waals surface area contributed by atoms with E-state index in [1.807, 2.05) is 30.6 Å². The summed E-state index contributed by atoms with van der Waals surface area (Å²) in [6.45, 7) is 26.3. The highest BCUT2D eigenvalue weighted by atomic mass is 28.3. The maximum atomic E-state index is 18.2. The van der Waals surface area contributed by atoms with Crippen molar-refractivity contribution in [3.8, 4) is 34.5 Å². The monoisotopic (exact) mass is 1300 g/mol. The van der Waals surface area contributed by atoms with Gasteiger partial charge >= 0.3 is 18.1 Å². The molecule has 5 aromatic rings. The van der Waals surface area contributed by atoms with Crippen molar-refractivity contribution in [2.75, 3.05) is 102 Å². The van der Waals surface area contributed by atoms with Gasteiger partial charge < -0.3 is 38.5 Å². The van der Waals surface area contributed by atoms with Gasteiger partial charge in [-0.1, -0.05) is 66.5 Å². The SMILES string of the molecule is [2H]C([2H])([2H])c1ccc(C(=O)N2CCC3(CCC(CN4CCN(C[C@@H](C)COc5nc(N6CC7CCC(C6)N7C(=O)OC(C)(C)C)c6cnc(-c7cc(OCOC)cc8ccc(F)c(C#C[Si](C(C)C)(C(C)C)C(C)C)c78)c(F)c6n5)CC4)CC3)CC2)cc1N1CCC(=O)NC1=O. The van der Waals surface area contributed by atoms with E-state index in [1.54, 1.807) is 24.4 Å². The van der Waals surface area contributed by atoms with E-state index in [4.69, 9.17) is 38.0 Å². The van der Waals surface area contributed by atoms with Gasteiger partial charge in [-0.15, -0.1) is 5.54 Å². The molecular formula is C72H96F2N10O8Si. The quantitative estimate of drug-likeness (QED) is 0.0529. The van der Waals surface area contributed by atoms with Crippen LogP contribution in [0.3, 0.4) is 0 Å². The van der Waals surface area contributed by atoms with Crippen LogP contribution in [0.5, 0.6) is 11.8 Å². The lowest BCUT2D eigenvalue weighted by molar-refractivity contribution is -0.120. The Morgan fingerprint density at radius 3 is 2.17 bits per heavy atom. The average Bonchev–Trinajstić information content (AvgIpc) is 1.17. The van der Waals surface area contributed by atoms with E-state index in [9.17, 15) is 19.2 Å². The van der Waals surface area contributed by atoms with E-state index in [1.165, 1.54) is 36.3 Å². The molecule has 93 heavy (non-hydrogen) atoms. The third kappa shape index (κ3) is 14.4. The fraction of sp³-hybridized carbons (Fsp3) is 0.597. The molecule has 1 saturated carbocycles. The molecule has 1 spiro atoms. The average molecular weight is 1300 g/mol. The Bertz CT molecular complexity index is 3760. The summed E-state index contributed by atoms with van der Waals surface area (Å²) in [6, 6.07) is 9.90. The predicted octanol–water partition coefficient (Wildman–Crippen LogP) is 12.8. The lowest BCUT2D eigenvalue weighted by Gasteiger charge is -2.47. The fourth-order valence-electron chi connectivity index (χ4n) is 16.0. The molecule has 5 amide bonds. The van der Waals surface area contributed by atoms with Gasteiger partial charge in [0, 0.05) is 124 Å². The number of methoxy groups -OCH3 is 1. The first-order chi connectivity index (χ1) is 45.5. The Hall–Kier alpha value is -6.99. The molecule has 5 saturated heterocycles. The number of hydrogen-bond donors (Lipinski definition) is 1. The molecule has 1 aliphatic carbocycles. The Kier molecular flexibility index (Phi) is 18.9. The van der Waals surface area contributed by atoms with Crippen LogP contribution in [0.1, 0.15) is 153 Å². The van der Waals surface area contributed by atoms with Crippen molar-refractivity contribution in [2.45, 2.75) is 168 Å². The number of likely N-dealkylation sites (tertiary alicyclic amines) is 1. The summed E-state index contributed by atoms with van der Waals surface area (Å²) in [7, 11) is -0.850. The number of urea groups is 1. The van der Waals surface area contributed by atoms with Crippen molar-refractivity contribution in [3.05, 3.63) is 77.0 Å². The number of benzene rings is 3. The molecule has 7 heterocycles. The number of aromatic nitrogens is 3. The molecule has 21 heteroatoms. The predicted molar refractivity (Wildman–Crippen MR) is 361 cm³/mol. The summed E-state index contributed by atoms with van der Waals surface area (Å²) in [5.41, 5.74) is 4.84. The van der Waals surface area contributed by atoms with Crippen LogP contribution in [0.4, 0.5) is 29.9 Å². The highest BCUT2D eigenvalue weighted by Gasteiger charge is 2.46. The lowest BCUT2D eigenvalue weighted by Crippen LogP contribution is -2.57. The number of nitrogens with zero attached hydrogens (tertiary/aromatic N) is 9. The number of imide groups is 1. The van der Waals surface area contributed by atoms with Gasteiger partial charge in [-0.05, 0) is 148 Å². The highest BCUT2D eigenvalue weighted by Crippen LogP contribution is 2.48. The number of nitrogens with one attached hydrogen (secondary N) is 1. The number of fused-ring (bicyclic) bond motifs is 4. The molecule has 5 aliphatic heterocycles. The van der Waals surface area contributed by atoms with Crippen LogP contribution in [0, 0.1) is 47.2 Å². The van der Waals surface area contributed by atoms with E-state index in [-0.39, 0.29) is 118 Å². The molecular weight excluding hydrogens is 1200 g/mol. The zero-order valence-electron chi connectivity index (χ0n) is 59.3. The first-order valence-corrected chi connectivity index (χ1v) is 35.9. The number of piperazine rings is 2. The molecule has 6 fully saturated rings. The Balaban J connectivity index is 0.766. The molecule has 2 aromatic heterocycles. The number of hydrogen-bond acceptors (Lipinski definition) is 14. The Morgan fingerprint density at radius 1 is 0.839 bits per heavy atom. The summed E-state index contributed by atoms with van der Waals surface area (Å²) in [6.07, 6.45) is 9.10. The van der Waals surface area contributed by atoms with Crippen molar-refractivity contribution < 1.29 is 51.0 Å². The van der Waals surface area contributed by atoms with Gasteiger partial charge in [0.05, 0.1) is 29.6 Å². The molecule has 2 unspecified atom stereocenters. The first kappa shape index (κ1) is 63.4. The number of ether oxygens (including phenoxy) is 4. The second-order valence-electron chi connectivity index (χ2n) is 29.1. The molecule has 3 atom stereocenters. The molecule has 2 bridgehead atoms. The molecule has 11 rings (SSSR count). The van der Waals surface area contributed by atoms with Gasteiger partial charge in [0.25, 0.3) is 5.91 Å². The summed E-state index contributed by atoms with van der Waals surface area (Å²) in [5.74, 6) is 2.95. The van der Waals surface area contributed by atoms with Crippen molar-refractivity contribution in [3.63, 3.8) is 0 Å². The zero-order valence-corrected chi connectivity index (χ0v) is 57.3. The first-order valence-electron chi connectivity index (χ1n) is 35.2. The normalized spacial score (nSPS) is 21.1. The van der Waals surface area contributed by atoms with Crippen LogP contribution in [-0.4, -0.2) is 177 Å². The van der Waals surface area contributed by atoms with Crippen LogP contribution in [0.25, 0.3) is 32.9 Å². The molecule has 3 aromatic carbocycles. The lowest BCUT2D eigenvalue weighted by atomic mass is 9.65. The Morgan fingerprint density at radius 2 is 1.53 bits per heavy atom. The molecule has 6 aliphatic rings. The molecule has 0 radical (unpaired) electrons. The number of rotatable bonds is 17. The largest absolute Gasteiger partial charge is 0.468 e. The summed E-state index contributed by atoms with van der Waals surface area (Å²) < 4.78 is 82.9.